The number of halogens is 1. The van der Waals surface area contributed by atoms with Crippen LogP contribution in [-0.2, 0) is 15.0 Å². The minimum Gasteiger partial charge on any atom is -0.367 e. The summed E-state index contributed by atoms with van der Waals surface area (Å²) in [6.45, 7) is 3.68. The summed E-state index contributed by atoms with van der Waals surface area (Å²) < 4.78 is 41.5. The highest BCUT2D eigenvalue weighted by molar-refractivity contribution is 7.90. The van der Waals surface area contributed by atoms with E-state index in [9.17, 15) is 17.6 Å². The predicted octanol–water partition coefficient (Wildman–Crippen LogP) is 1.38. The van der Waals surface area contributed by atoms with E-state index in [1.54, 1.807) is 42.5 Å². The third-order valence-electron chi connectivity index (χ3n) is 5.39. The number of carbonyl (C=O) groups is 1. The molecule has 0 aromatic heterocycles. The van der Waals surface area contributed by atoms with Gasteiger partial charge >= 0.3 is 10.2 Å². The highest BCUT2D eigenvalue weighted by atomic mass is 32.2. The number of carbonyl (C=O) groups excluding carboxylic acids is 1. The number of amides is 1. The second kappa shape index (κ2) is 10.8. The molecular weight excluding hydrogens is 433 g/mol. The van der Waals surface area contributed by atoms with Crippen LogP contribution in [0.25, 0.3) is 0 Å². The first kappa shape index (κ1) is 24.0. The summed E-state index contributed by atoms with van der Waals surface area (Å²) in [6.07, 6.45) is 0. The number of nitrogens with one attached hydrogen (secondary N) is 1. The molecule has 2 aromatic rings. The smallest absolute Gasteiger partial charge is 0.304 e. The molecule has 3 rings (SSSR count). The van der Waals surface area contributed by atoms with Crippen LogP contribution in [0.4, 0.5) is 15.8 Å². The Balaban J connectivity index is 1.49. The van der Waals surface area contributed by atoms with E-state index in [1.807, 2.05) is 11.0 Å². The first-order valence-electron chi connectivity index (χ1n) is 10.5. The maximum atomic E-state index is 14.0. The average Bonchev–Trinajstić information content (AvgIpc) is 2.79. The number of hydrogen-bond donors (Lipinski definition) is 1. The third kappa shape index (κ3) is 5.96. The first-order valence-corrected chi connectivity index (χ1v) is 11.9. The minimum atomic E-state index is -3.81. The van der Waals surface area contributed by atoms with Crippen molar-refractivity contribution in [2.75, 3.05) is 69.1 Å². The van der Waals surface area contributed by atoms with E-state index in [-0.39, 0.29) is 18.3 Å². The maximum Gasteiger partial charge on any atom is 0.304 e. The summed E-state index contributed by atoms with van der Waals surface area (Å²) in [7, 11) is -0.940. The lowest BCUT2D eigenvalue weighted by Gasteiger charge is -2.36. The molecule has 0 bridgehead atoms. The highest BCUT2D eigenvalue weighted by Gasteiger charge is 2.27. The van der Waals surface area contributed by atoms with Gasteiger partial charge in [0.2, 0.25) is 5.91 Å². The number of anilines is 2. The molecule has 0 unspecified atom stereocenters. The fraction of sp³-hybridized carbons (Fsp3) is 0.409. The van der Waals surface area contributed by atoms with Crippen LogP contribution < -0.4 is 14.5 Å². The number of benzene rings is 2. The zero-order valence-corrected chi connectivity index (χ0v) is 19.3. The molecular formula is C22H30FN5O3S. The van der Waals surface area contributed by atoms with Gasteiger partial charge in [-0.25, -0.2) is 8.70 Å². The summed E-state index contributed by atoms with van der Waals surface area (Å²) in [6, 6.07) is 15.3. The van der Waals surface area contributed by atoms with Crippen molar-refractivity contribution in [3.05, 3.63) is 60.4 Å². The molecule has 2 aromatic carbocycles. The molecule has 32 heavy (non-hydrogen) atoms. The molecule has 0 aliphatic carbocycles. The normalized spacial score (nSPS) is 15.1. The zero-order valence-electron chi connectivity index (χ0n) is 18.4. The first-order chi connectivity index (χ1) is 15.3. The molecule has 174 valence electrons. The van der Waals surface area contributed by atoms with Gasteiger partial charge in [-0.2, -0.15) is 12.7 Å². The number of piperazine rings is 1. The van der Waals surface area contributed by atoms with Gasteiger partial charge in [0.05, 0.1) is 11.4 Å². The molecule has 1 heterocycles. The van der Waals surface area contributed by atoms with Crippen LogP contribution in [0.1, 0.15) is 0 Å². The molecule has 1 aliphatic heterocycles. The molecule has 0 atom stereocenters. The maximum absolute atomic E-state index is 14.0. The summed E-state index contributed by atoms with van der Waals surface area (Å²) in [4.78, 5) is 16.7. The Morgan fingerprint density at radius 3 is 2.25 bits per heavy atom. The van der Waals surface area contributed by atoms with Crippen LogP contribution in [0.15, 0.2) is 54.6 Å². The van der Waals surface area contributed by atoms with E-state index < -0.39 is 10.2 Å². The van der Waals surface area contributed by atoms with E-state index in [0.29, 0.717) is 37.6 Å². The molecule has 1 saturated heterocycles. The van der Waals surface area contributed by atoms with Crippen molar-refractivity contribution in [3.8, 4) is 0 Å². The molecule has 1 amide bonds. The van der Waals surface area contributed by atoms with Gasteiger partial charge in [0.25, 0.3) is 0 Å². The zero-order chi connectivity index (χ0) is 23.1. The molecule has 0 saturated carbocycles. The third-order valence-corrected chi connectivity index (χ3v) is 7.21. The lowest BCUT2D eigenvalue weighted by molar-refractivity contribution is -0.119. The van der Waals surface area contributed by atoms with Gasteiger partial charge in [0.1, 0.15) is 12.4 Å². The monoisotopic (exact) mass is 463 g/mol. The van der Waals surface area contributed by atoms with Gasteiger partial charge in [-0.1, -0.05) is 30.3 Å². The van der Waals surface area contributed by atoms with E-state index >= 15 is 0 Å². The second-order valence-corrected chi connectivity index (χ2v) is 9.83. The molecule has 1 fully saturated rings. The van der Waals surface area contributed by atoms with Crippen molar-refractivity contribution in [2.45, 2.75) is 0 Å². The predicted molar refractivity (Wildman–Crippen MR) is 124 cm³/mol. The summed E-state index contributed by atoms with van der Waals surface area (Å²) in [5.74, 6) is -0.590. The molecule has 1 N–H and O–H groups in total. The summed E-state index contributed by atoms with van der Waals surface area (Å²) in [5, 5.41) is 2.81. The second-order valence-electron chi connectivity index (χ2n) is 7.76. The highest BCUT2D eigenvalue weighted by Crippen LogP contribution is 2.20. The topological polar surface area (TPSA) is 76.2 Å². The van der Waals surface area contributed by atoms with Gasteiger partial charge in [-0.3, -0.25) is 9.69 Å². The van der Waals surface area contributed by atoms with Crippen LogP contribution >= 0.6 is 0 Å². The molecule has 0 radical (unpaired) electrons. The van der Waals surface area contributed by atoms with Crippen LogP contribution in [0.3, 0.4) is 0 Å². The fourth-order valence-electron chi connectivity index (χ4n) is 3.56. The summed E-state index contributed by atoms with van der Waals surface area (Å²) >= 11 is 0. The van der Waals surface area contributed by atoms with E-state index in [2.05, 4.69) is 10.2 Å². The van der Waals surface area contributed by atoms with Crippen LogP contribution in [0.5, 0.6) is 0 Å². The lowest BCUT2D eigenvalue weighted by Crippen LogP contribution is -2.50. The number of hydrogen-bond acceptors (Lipinski definition) is 5. The Kier molecular flexibility index (Phi) is 8.05. The van der Waals surface area contributed by atoms with E-state index in [4.69, 9.17) is 0 Å². The SMILES string of the molecule is CN(C)S(=O)(=O)N(CC(=O)NCCN1CCN(c2ccccc2F)CC1)c1ccccc1. The number of nitrogens with zero attached hydrogens (tertiary/aromatic N) is 4. The quantitative estimate of drug-likeness (QED) is 0.608. The van der Waals surface area contributed by atoms with Gasteiger partial charge in [0, 0.05) is 53.4 Å². The minimum absolute atomic E-state index is 0.219. The van der Waals surface area contributed by atoms with Gasteiger partial charge in [-0.15, -0.1) is 0 Å². The fourth-order valence-corrected chi connectivity index (χ4v) is 4.62. The van der Waals surface area contributed by atoms with Crippen molar-refractivity contribution >= 4 is 27.5 Å². The van der Waals surface area contributed by atoms with Gasteiger partial charge in [-0.05, 0) is 24.3 Å². The van der Waals surface area contributed by atoms with E-state index in [1.165, 1.54) is 20.2 Å². The van der Waals surface area contributed by atoms with Gasteiger partial charge in [0.15, 0.2) is 0 Å². The van der Waals surface area contributed by atoms with E-state index in [0.717, 1.165) is 21.7 Å². The standard InChI is InChI=1S/C22H30FN5O3S/c1-25(2)32(30,31)28(19-8-4-3-5-9-19)18-22(29)24-12-13-26-14-16-27(17-15-26)21-11-7-6-10-20(21)23/h3-11H,12-18H2,1-2H3,(H,24,29). The molecule has 0 spiro atoms. The number of rotatable bonds is 9. The van der Waals surface area contributed by atoms with Crippen LogP contribution in [0.2, 0.25) is 0 Å². The van der Waals surface area contributed by atoms with Crippen molar-refractivity contribution < 1.29 is 17.6 Å². The Morgan fingerprint density at radius 2 is 1.62 bits per heavy atom. The van der Waals surface area contributed by atoms with Crippen LogP contribution in [-0.4, -0.2) is 83.4 Å². The Morgan fingerprint density at radius 1 is 1.00 bits per heavy atom. The van der Waals surface area contributed by atoms with Crippen LogP contribution in [0, 0.1) is 5.82 Å². The Hall–Kier alpha value is -2.69. The lowest BCUT2D eigenvalue weighted by atomic mass is 10.2. The summed E-state index contributed by atoms with van der Waals surface area (Å²) in [5.41, 5.74) is 1.05. The average molecular weight is 464 g/mol. The Bertz CT molecular complexity index is 996. The van der Waals surface area contributed by atoms with Crippen molar-refractivity contribution in [2.24, 2.45) is 0 Å². The molecule has 8 nitrogen and oxygen atoms in total. The molecule has 10 heteroatoms. The molecule has 1 aliphatic rings. The number of para-hydroxylation sites is 2. The largest absolute Gasteiger partial charge is 0.367 e. The van der Waals surface area contributed by atoms with Crippen molar-refractivity contribution in [1.29, 1.82) is 0 Å². The Labute approximate surface area is 189 Å². The van der Waals surface area contributed by atoms with Crippen molar-refractivity contribution in [3.63, 3.8) is 0 Å². The van der Waals surface area contributed by atoms with Crippen molar-refractivity contribution in [1.82, 2.24) is 14.5 Å². The van der Waals surface area contributed by atoms with Gasteiger partial charge < -0.3 is 10.2 Å².